The maximum absolute atomic E-state index is 14.2. The van der Waals surface area contributed by atoms with Crippen LogP contribution in [0.1, 0.15) is 107 Å². The summed E-state index contributed by atoms with van der Waals surface area (Å²) in [6, 6.07) is 7.17. The number of nitrogens with one attached hydrogen (secondary N) is 2. The predicted molar refractivity (Wildman–Crippen MR) is 205 cm³/mol. The van der Waals surface area contributed by atoms with Crippen molar-refractivity contribution in [3.63, 3.8) is 0 Å². The normalized spacial score (nSPS) is 19.6. The van der Waals surface area contributed by atoms with Crippen molar-refractivity contribution >= 4 is 23.6 Å². The summed E-state index contributed by atoms with van der Waals surface area (Å²) >= 11 is 0. The smallest absolute Gasteiger partial charge is 0.245 e. The molecular formula is C41H70N4O7. The summed E-state index contributed by atoms with van der Waals surface area (Å²) < 4.78 is 11.9. The highest BCUT2D eigenvalue weighted by atomic mass is 16.5. The van der Waals surface area contributed by atoms with Crippen molar-refractivity contribution in [2.45, 2.75) is 137 Å². The zero-order valence-electron chi connectivity index (χ0n) is 34.2. The lowest BCUT2D eigenvalue weighted by atomic mass is 9.84. The molecule has 1 saturated heterocycles. The molecule has 0 aromatic heterocycles. The van der Waals surface area contributed by atoms with Crippen LogP contribution < -0.4 is 10.6 Å². The fourth-order valence-electron chi connectivity index (χ4n) is 8.04. The third-order valence-electron chi connectivity index (χ3n) is 11.2. The van der Waals surface area contributed by atoms with Crippen molar-refractivity contribution in [3.8, 4) is 0 Å². The number of aliphatic hydroxyl groups excluding tert-OH is 1. The van der Waals surface area contributed by atoms with E-state index in [1.165, 1.54) is 0 Å². The molecule has 1 aromatic carbocycles. The standard InChI is InChI=1S/C41H70N4O7/c1-14-27(8)36(44(11)41(50)35(26(6)7)43-40(49)34(24(2)3)25(4)5)32(51-12)23-33(46)45-22-18-21-31(45)38(52-13)28(9)39(48)42-29(10)37(47)30-19-16-15-17-20-30/h15-17,19-20,24-29,31-32,34-38,47H,14,18,21-23H2,1-13H3,(H,42,48)(H,43,49)/t27-,28+,29+,31-,32+,35-,36-,37+,38+/m0/s1. The molecule has 52 heavy (non-hydrogen) atoms. The Labute approximate surface area is 313 Å². The highest BCUT2D eigenvalue weighted by molar-refractivity contribution is 5.89. The zero-order chi connectivity index (χ0) is 39.4. The Kier molecular flexibility index (Phi) is 18.2. The van der Waals surface area contributed by atoms with Gasteiger partial charge >= 0.3 is 0 Å². The van der Waals surface area contributed by atoms with E-state index < -0.39 is 42.4 Å². The van der Waals surface area contributed by atoms with Crippen molar-refractivity contribution in [2.24, 2.45) is 35.5 Å². The molecule has 1 aliphatic heterocycles. The lowest BCUT2D eigenvalue weighted by Gasteiger charge is -2.41. The Morgan fingerprint density at radius 1 is 0.885 bits per heavy atom. The van der Waals surface area contributed by atoms with Crippen LogP contribution in [0.4, 0.5) is 0 Å². The molecular weight excluding hydrogens is 660 g/mol. The van der Waals surface area contributed by atoms with Gasteiger partial charge in [0.25, 0.3) is 0 Å². The number of hydrogen-bond acceptors (Lipinski definition) is 7. The Hall–Kier alpha value is -3.02. The number of hydrogen-bond donors (Lipinski definition) is 3. The first-order valence-electron chi connectivity index (χ1n) is 19.4. The molecule has 1 heterocycles. The molecule has 4 amide bonds. The molecule has 0 aliphatic carbocycles. The van der Waals surface area contributed by atoms with E-state index in [9.17, 15) is 24.3 Å². The van der Waals surface area contributed by atoms with Crippen molar-refractivity contribution in [3.05, 3.63) is 35.9 Å². The SMILES string of the molecule is CC[C@H](C)[C@@H]([C@@H](CC(=O)N1CCC[C@H]1[C@H](OC)[C@@H](C)C(=O)N[C@H](C)[C@@H](O)c1ccccc1)OC)N(C)C(=O)[C@@H](NC(=O)C(C(C)C)C(C)C)C(C)C. The maximum Gasteiger partial charge on any atom is 0.245 e. The van der Waals surface area contributed by atoms with Gasteiger partial charge < -0.3 is 35.0 Å². The number of benzene rings is 1. The average molecular weight is 731 g/mol. The molecule has 296 valence electrons. The largest absolute Gasteiger partial charge is 0.386 e. The lowest BCUT2D eigenvalue weighted by Crippen LogP contribution is -2.58. The molecule has 0 bridgehead atoms. The van der Waals surface area contributed by atoms with Crippen LogP contribution >= 0.6 is 0 Å². The fraction of sp³-hybridized carbons (Fsp3) is 0.756. The Balaban J connectivity index is 2.25. The number of carbonyl (C=O) groups is 4. The number of likely N-dealkylation sites (tertiary alicyclic amines) is 1. The first-order chi connectivity index (χ1) is 24.4. The zero-order valence-corrected chi connectivity index (χ0v) is 34.2. The topological polar surface area (TPSA) is 138 Å². The lowest BCUT2D eigenvalue weighted by molar-refractivity contribution is -0.148. The van der Waals surface area contributed by atoms with Crippen LogP contribution in [0, 0.1) is 35.5 Å². The van der Waals surface area contributed by atoms with Crippen LogP contribution in [-0.2, 0) is 28.7 Å². The number of nitrogens with zero attached hydrogens (tertiary/aromatic N) is 2. The Bertz CT molecular complexity index is 1270. The summed E-state index contributed by atoms with van der Waals surface area (Å²) in [5, 5.41) is 16.9. The fourth-order valence-corrected chi connectivity index (χ4v) is 8.04. The van der Waals surface area contributed by atoms with E-state index in [1.807, 2.05) is 78.8 Å². The summed E-state index contributed by atoms with van der Waals surface area (Å²) in [7, 11) is 4.87. The minimum atomic E-state index is -0.874. The van der Waals surface area contributed by atoms with Gasteiger partial charge in [0.15, 0.2) is 0 Å². The number of rotatable bonds is 20. The number of aliphatic hydroxyl groups is 1. The minimum Gasteiger partial charge on any atom is -0.386 e. The van der Waals surface area contributed by atoms with Gasteiger partial charge in [-0.25, -0.2) is 0 Å². The molecule has 11 nitrogen and oxygen atoms in total. The van der Waals surface area contributed by atoms with Gasteiger partial charge in [-0.1, -0.05) is 99.1 Å². The van der Waals surface area contributed by atoms with E-state index in [0.29, 0.717) is 18.5 Å². The third kappa shape index (κ3) is 11.5. The van der Waals surface area contributed by atoms with E-state index in [0.717, 1.165) is 12.8 Å². The maximum atomic E-state index is 14.2. The van der Waals surface area contributed by atoms with Gasteiger partial charge in [-0.05, 0) is 49.0 Å². The van der Waals surface area contributed by atoms with E-state index in [1.54, 1.807) is 44.9 Å². The van der Waals surface area contributed by atoms with Crippen LogP contribution in [0.2, 0.25) is 0 Å². The molecule has 1 fully saturated rings. The van der Waals surface area contributed by atoms with Crippen molar-refractivity contribution in [1.29, 1.82) is 0 Å². The molecule has 0 spiro atoms. The van der Waals surface area contributed by atoms with Gasteiger partial charge in [0.05, 0.1) is 48.8 Å². The van der Waals surface area contributed by atoms with Gasteiger partial charge in [-0.15, -0.1) is 0 Å². The number of carbonyl (C=O) groups excluding carboxylic acids is 4. The number of methoxy groups -OCH3 is 2. The highest BCUT2D eigenvalue weighted by Gasteiger charge is 2.43. The minimum absolute atomic E-state index is 0.00710. The van der Waals surface area contributed by atoms with Gasteiger partial charge in [0, 0.05) is 33.7 Å². The van der Waals surface area contributed by atoms with Gasteiger partial charge in [-0.2, -0.15) is 0 Å². The first kappa shape index (κ1) is 45.1. The number of likely N-dealkylation sites (N-methyl/N-ethyl adjacent to an activating group) is 1. The van der Waals surface area contributed by atoms with Crippen molar-refractivity contribution in [1.82, 2.24) is 20.4 Å². The van der Waals surface area contributed by atoms with Gasteiger partial charge in [-0.3, -0.25) is 19.2 Å². The number of amides is 4. The highest BCUT2D eigenvalue weighted by Crippen LogP contribution is 2.30. The molecule has 0 unspecified atom stereocenters. The van der Waals surface area contributed by atoms with E-state index in [-0.39, 0.29) is 65.7 Å². The predicted octanol–water partition coefficient (Wildman–Crippen LogP) is 5.21. The molecule has 2 rings (SSSR count). The van der Waals surface area contributed by atoms with E-state index in [4.69, 9.17) is 9.47 Å². The van der Waals surface area contributed by atoms with Crippen LogP contribution in [0.5, 0.6) is 0 Å². The summed E-state index contributed by atoms with van der Waals surface area (Å²) in [5.74, 6) is -1.46. The molecule has 11 heteroatoms. The second-order valence-corrected chi connectivity index (χ2v) is 16.0. The summed E-state index contributed by atoms with van der Waals surface area (Å²) in [4.78, 5) is 58.8. The molecule has 3 N–H and O–H groups in total. The monoisotopic (exact) mass is 731 g/mol. The summed E-state index contributed by atoms with van der Waals surface area (Å²) in [6.45, 7) is 20.1. The summed E-state index contributed by atoms with van der Waals surface area (Å²) in [6.07, 6.45) is 0.182. The quantitative estimate of drug-likeness (QED) is 0.168. The van der Waals surface area contributed by atoms with Gasteiger partial charge in [0.2, 0.25) is 23.6 Å². The van der Waals surface area contributed by atoms with Crippen LogP contribution in [0.25, 0.3) is 0 Å². The molecule has 0 saturated carbocycles. The molecule has 1 aliphatic rings. The van der Waals surface area contributed by atoms with E-state index in [2.05, 4.69) is 17.6 Å². The Morgan fingerprint density at radius 2 is 1.48 bits per heavy atom. The second kappa shape index (κ2) is 21.0. The first-order valence-corrected chi connectivity index (χ1v) is 19.4. The van der Waals surface area contributed by atoms with Crippen LogP contribution in [0.3, 0.4) is 0 Å². The van der Waals surface area contributed by atoms with Crippen molar-refractivity contribution < 1.29 is 33.8 Å². The molecule has 1 aromatic rings. The van der Waals surface area contributed by atoms with Crippen LogP contribution in [-0.4, -0.2) is 103 Å². The number of ether oxygens (including phenoxy) is 2. The average Bonchev–Trinajstić information content (AvgIpc) is 3.59. The Morgan fingerprint density at radius 3 is 1.98 bits per heavy atom. The van der Waals surface area contributed by atoms with Gasteiger partial charge in [0.1, 0.15) is 6.04 Å². The molecule has 0 radical (unpaired) electrons. The molecule has 9 atom stereocenters. The van der Waals surface area contributed by atoms with Crippen molar-refractivity contribution in [2.75, 3.05) is 27.8 Å². The second-order valence-electron chi connectivity index (χ2n) is 16.0. The summed E-state index contributed by atoms with van der Waals surface area (Å²) in [5.41, 5.74) is 0.713. The van der Waals surface area contributed by atoms with E-state index >= 15 is 0 Å². The van der Waals surface area contributed by atoms with Crippen LogP contribution in [0.15, 0.2) is 30.3 Å². The third-order valence-corrected chi connectivity index (χ3v) is 11.2.